The number of piperazine rings is 1. The molecule has 35 heavy (non-hydrogen) atoms. The topological polar surface area (TPSA) is 92.0 Å². The summed E-state index contributed by atoms with van der Waals surface area (Å²) >= 11 is 0. The second kappa shape index (κ2) is 12.9. The summed E-state index contributed by atoms with van der Waals surface area (Å²) in [6.45, 7) is 3.29. The maximum absolute atomic E-state index is 12.9. The number of rotatable bonds is 8. The van der Waals surface area contributed by atoms with Gasteiger partial charge in [0.1, 0.15) is 5.75 Å². The first kappa shape index (κ1) is 26.9. The van der Waals surface area contributed by atoms with Crippen molar-refractivity contribution in [1.29, 1.82) is 0 Å². The summed E-state index contributed by atoms with van der Waals surface area (Å²) in [6, 6.07) is 7.68. The molecule has 192 valence electrons. The quantitative estimate of drug-likeness (QED) is 0.544. The molecule has 1 aromatic heterocycles. The normalized spacial score (nSPS) is 17.0. The highest BCUT2D eigenvalue weighted by Gasteiger charge is 2.25. The van der Waals surface area contributed by atoms with Crippen LogP contribution in [0.4, 0.5) is 0 Å². The molecule has 1 aliphatic carbocycles. The monoisotopic (exact) mass is 505 g/mol. The van der Waals surface area contributed by atoms with Crippen LogP contribution in [0, 0.1) is 0 Å². The number of carbonyl (C=O) groups excluding carboxylic acids is 2. The maximum Gasteiger partial charge on any atom is 0.257 e. The number of aryl methyl sites for hydroxylation is 1. The van der Waals surface area contributed by atoms with Gasteiger partial charge in [0, 0.05) is 52.1 Å². The minimum Gasteiger partial charge on any atom is -0.496 e. The van der Waals surface area contributed by atoms with Crippen molar-refractivity contribution in [3.8, 4) is 5.75 Å². The molecule has 2 aromatic rings. The number of nitrogens with zero attached hydrogens (tertiary/aromatic N) is 5. The van der Waals surface area contributed by atoms with Gasteiger partial charge in [0.25, 0.3) is 5.91 Å². The largest absolute Gasteiger partial charge is 0.496 e. The van der Waals surface area contributed by atoms with E-state index in [2.05, 4.69) is 15.0 Å². The number of amides is 2. The molecule has 2 heterocycles. The fraction of sp³-hybridized carbons (Fsp3) is 0.600. The van der Waals surface area contributed by atoms with Crippen molar-refractivity contribution in [1.82, 2.24) is 24.8 Å². The predicted molar refractivity (Wildman–Crippen MR) is 134 cm³/mol. The van der Waals surface area contributed by atoms with E-state index >= 15 is 0 Å². The third-order valence-electron chi connectivity index (χ3n) is 6.94. The van der Waals surface area contributed by atoms with Gasteiger partial charge in [-0.25, -0.2) is 0 Å². The van der Waals surface area contributed by atoms with Gasteiger partial charge in [0.05, 0.1) is 19.2 Å². The van der Waals surface area contributed by atoms with Crippen LogP contribution < -0.4 is 4.74 Å². The number of hydrogen-bond acceptors (Lipinski definition) is 7. The van der Waals surface area contributed by atoms with Crippen LogP contribution in [0.25, 0.3) is 0 Å². The number of para-hydroxylation sites is 1. The van der Waals surface area contributed by atoms with E-state index in [1.807, 2.05) is 29.0 Å². The molecule has 2 fully saturated rings. The van der Waals surface area contributed by atoms with E-state index in [-0.39, 0.29) is 24.2 Å². The molecule has 0 radical (unpaired) electrons. The van der Waals surface area contributed by atoms with Crippen LogP contribution in [0.3, 0.4) is 0 Å². The zero-order chi connectivity index (χ0) is 23.9. The summed E-state index contributed by atoms with van der Waals surface area (Å²) in [7, 11) is 3.49. The highest BCUT2D eigenvalue weighted by atomic mass is 35.5. The van der Waals surface area contributed by atoms with Crippen LogP contribution in [-0.4, -0.2) is 83.0 Å². The minimum absolute atomic E-state index is 0. The van der Waals surface area contributed by atoms with Crippen molar-refractivity contribution < 1.29 is 18.8 Å². The Morgan fingerprint density at radius 3 is 2.54 bits per heavy atom. The SMILES string of the molecule is COc1ccccc1C(=O)N1CCN(Cc2noc(CCC(=O)N(C)C3CCCCC3)n2)CC1.Cl. The van der Waals surface area contributed by atoms with Crippen LogP contribution >= 0.6 is 12.4 Å². The molecule has 0 atom stereocenters. The molecule has 0 N–H and O–H groups in total. The lowest BCUT2D eigenvalue weighted by molar-refractivity contribution is -0.132. The van der Waals surface area contributed by atoms with Crippen LogP contribution in [0.15, 0.2) is 28.8 Å². The summed E-state index contributed by atoms with van der Waals surface area (Å²) < 4.78 is 10.7. The Labute approximate surface area is 213 Å². The van der Waals surface area contributed by atoms with E-state index in [0.717, 1.165) is 25.9 Å². The van der Waals surface area contributed by atoms with Crippen molar-refractivity contribution in [2.75, 3.05) is 40.3 Å². The van der Waals surface area contributed by atoms with Crippen LogP contribution in [-0.2, 0) is 17.8 Å². The van der Waals surface area contributed by atoms with Gasteiger partial charge in [-0.1, -0.05) is 36.6 Å². The number of hydrogen-bond donors (Lipinski definition) is 0. The van der Waals surface area contributed by atoms with E-state index in [0.29, 0.717) is 61.5 Å². The molecule has 1 saturated carbocycles. The van der Waals surface area contributed by atoms with Gasteiger partial charge in [0.15, 0.2) is 5.82 Å². The van der Waals surface area contributed by atoms with Gasteiger partial charge in [-0.2, -0.15) is 4.98 Å². The molecular formula is C25H36ClN5O4. The Kier molecular flexibility index (Phi) is 9.92. The predicted octanol–water partition coefficient (Wildman–Crippen LogP) is 3.18. The van der Waals surface area contributed by atoms with Gasteiger partial charge >= 0.3 is 0 Å². The number of methoxy groups -OCH3 is 1. The summed E-state index contributed by atoms with van der Waals surface area (Å²) in [5.41, 5.74) is 0.588. The molecule has 9 nitrogen and oxygen atoms in total. The fourth-order valence-corrected chi connectivity index (χ4v) is 4.82. The van der Waals surface area contributed by atoms with Gasteiger partial charge in [-0.3, -0.25) is 14.5 Å². The van der Waals surface area contributed by atoms with Gasteiger partial charge in [-0.05, 0) is 25.0 Å². The van der Waals surface area contributed by atoms with Crippen molar-refractivity contribution >= 4 is 24.2 Å². The first-order valence-electron chi connectivity index (χ1n) is 12.3. The molecule has 10 heteroatoms. The number of carbonyl (C=O) groups is 2. The summed E-state index contributed by atoms with van der Waals surface area (Å²) in [6.07, 6.45) is 6.74. The van der Waals surface area contributed by atoms with Crippen molar-refractivity contribution in [2.24, 2.45) is 0 Å². The van der Waals surface area contributed by atoms with Crippen LogP contribution in [0.5, 0.6) is 5.75 Å². The Morgan fingerprint density at radius 1 is 1.11 bits per heavy atom. The summed E-state index contributed by atoms with van der Waals surface area (Å²) in [4.78, 5) is 35.9. The smallest absolute Gasteiger partial charge is 0.257 e. The molecule has 1 aliphatic heterocycles. The van der Waals surface area contributed by atoms with Crippen molar-refractivity contribution in [3.63, 3.8) is 0 Å². The molecular weight excluding hydrogens is 470 g/mol. The lowest BCUT2D eigenvalue weighted by Gasteiger charge is -2.34. The van der Waals surface area contributed by atoms with Crippen molar-refractivity contribution in [2.45, 2.75) is 57.5 Å². The second-order valence-electron chi connectivity index (χ2n) is 9.17. The average Bonchev–Trinajstić information content (AvgIpc) is 3.34. The molecule has 0 unspecified atom stereocenters. The zero-order valence-corrected chi connectivity index (χ0v) is 21.5. The average molecular weight is 506 g/mol. The van der Waals surface area contributed by atoms with Crippen molar-refractivity contribution in [3.05, 3.63) is 41.5 Å². The number of aromatic nitrogens is 2. The zero-order valence-electron chi connectivity index (χ0n) is 20.6. The number of ether oxygens (including phenoxy) is 1. The standard InChI is InChI=1S/C25H35N5O4.ClH/c1-28(19-8-4-3-5-9-19)24(31)13-12-23-26-22(27-34-23)18-29-14-16-30(17-15-29)25(32)20-10-6-7-11-21(20)33-2;/h6-7,10-11,19H,3-5,8-9,12-18H2,1-2H3;1H. The third-order valence-corrected chi connectivity index (χ3v) is 6.94. The number of halogens is 1. The van der Waals surface area contributed by atoms with E-state index in [9.17, 15) is 9.59 Å². The molecule has 4 rings (SSSR count). The van der Waals surface area contributed by atoms with E-state index in [4.69, 9.17) is 9.26 Å². The highest BCUT2D eigenvalue weighted by Crippen LogP contribution is 2.23. The fourth-order valence-electron chi connectivity index (χ4n) is 4.82. The summed E-state index contributed by atoms with van der Waals surface area (Å²) in [5.74, 6) is 1.85. The third kappa shape index (κ3) is 6.95. The lowest BCUT2D eigenvalue weighted by Crippen LogP contribution is -2.48. The Hall–Kier alpha value is -2.65. The lowest BCUT2D eigenvalue weighted by atomic mass is 9.94. The van der Waals surface area contributed by atoms with E-state index < -0.39 is 0 Å². The maximum atomic E-state index is 12.9. The molecule has 0 spiro atoms. The van der Waals surface area contributed by atoms with E-state index in [1.165, 1.54) is 19.3 Å². The molecule has 2 amide bonds. The second-order valence-corrected chi connectivity index (χ2v) is 9.17. The molecule has 1 saturated heterocycles. The Bertz CT molecular complexity index is 970. The van der Waals surface area contributed by atoms with Crippen LogP contribution in [0.1, 0.15) is 60.6 Å². The van der Waals surface area contributed by atoms with E-state index in [1.54, 1.807) is 19.2 Å². The molecule has 1 aromatic carbocycles. The van der Waals surface area contributed by atoms with Gasteiger partial charge in [0.2, 0.25) is 11.8 Å². The molecule has 0 bridgehead atoms. The number of benzene rings is 1. The van der Waals surface area contributed by atoms with Gasteiger partial charge in [-0.15, -0.1) is 12.4 Å². The Balaban J connectivity index is 0.00000342. The first-order valence-corrected chi connectivity index (χ1v) is 12.3. The minimum atomic E-state index is -0.0122. The summed E-state index contributed by atoms with van der Waals surface area (Å²) in [5, 5.41) is 4.10. The highest BCUT2D eigenvalue weighted by molar-refractivity contribution is 5.97. The first-order chi connectivity index (χ1) is 16.5. The van der Waals surface area contributed by atoms with Crippen LogP contribution in [0.2, 0.25) is 0 Å². The van der Waals surface area contributed by atoms with Gasteiger partial charge < -0.3 is 19.1 Å². The Morgan fingerprint density at radius 2 is 1.83 bits per heavy atom. The molecule has 2 aliphatic rings.